The highest BCUT2D eigenvalue weighted by Gasteiger charge is 2.07. The van der Waals surface area contributed by atoms with Crippen LogP contribution in [-0.2, 0) is 5.75 Å². The number of hydrogen-bond donors (Lipinski definition) is 2. The third kappa shape index (κ3) is 3.45. The van der Waals surface area contributed by atoms with Crippen LogP contribution >= 0.6 is 11.8 Å². The van der Waals surface area contributed by atoms with E-state index in [4.69, 9.17) is 15.9 Å². The Morgan fingerprint density at radius 2 is 2.26 bits per heavy atom. The molecule has 0 saturated heterocycles. The summed E-state index contributed by atoms with van der Waals surface area (Å²) in [6, 6.07) is 7.52. The molecular formula is C13H14N4OS. The van der Waals surface area contributed by atoms with Crippen LogP contribution in [0, 0.1) is 5.41 Å². The number of hydrogen-bond acceptors (Lipinski definition) is 5. The van der Waals surface area contributed by atoms with Crippen LogP contribution in [0.2, 0.25) is 0 Å². The van der Waals surface area contributed by atoms with Gasteiger partial charge in [0.2, 0.25) is 0 Å². The molecule has 1 aromatic carbocycles. The molecule has 0 amide bonds. The molecule has 2 rings (SSSR count). The van der Waals surface area contributed by atoms with Crippen LogP contribution in [0.5, 0.6) is 5.75 Å². The molecule has 3 N–H and O–H groups in total. The monoisotopic (exact) mass is 274 g/mol. The minimum absolute atomic E-state index is 0.00531. The summed E-state index contributed by atoms with van der Waals surface area (Å²) >= 11 is 1.60. The quantitative estimate of drug-likeness (QED) is 0.377. The second kappa shape index (κ2) is 6.19. The van der Waals surface area contributed by atoms with Crippen molar-refractivity contribution in [2.75, 3.05) is 7.11 Å². The number of methoxy groups -OCH3 is 1. The zero-order valence-electron chi connectivity index (χ0n) is 10.5. The summed E-state index contributed by atoms with van der Waals surface area (Å²) in [7, 11) is 1.57. The van der Waals surface area contributed by atoms with Gasteiger partial charge in [-0.3, -0.25) is 5.41 Å². The fourth-order valence-electron chi connectivity index (χ4n) is 1.58. The van der Waals surface area contributed by atoms with E-state index in [0.717, 1.165) is 16.3 Å². The largest absolute Gasteiger partial charge is 0.496 e. The zero-order valence-corrected chi connectivity index (χ0v) is 11.3. The number of amidine groups is 1. The molecule has 1 aromatic heterocycles. The molecule has 98 valence electrons. The Labute approximate surface area is 115 Å². The van der Waals surface area contributed by atoms with Gasteiger partial charge in [-0.2, -0.15) is 0 Å². The van der Waals surface area contributed by atoms with E-state index in [1.807, 2.05) is 24.3 Å². The van der Waals surface area contributed by atoms with Gasteiger partial charge in [-0.15, -0.1) is 11.8 Å². The molecule has 5 nitrogen and oxygen atoms in total. The van der Waals surface area contributed by atoms with Crippen LogP contribution in [0.1, 0.15) is 11.1 Å². The third-order valence-electron chi connectivity index (χ3n) is 2.50. The lowest BCUT2D eigenvalue weighted by atomic mass is 10.1. The molecule has 2 aromatic rings. The Balaban J connectivity index is 2.13. The lowest BCUT2D eigenvalue weighted by Gasteiger charge is -2.09. The van der Waals surface area contributed by atoms with Gasteiger partial charge in [-0.1, -0.05) is 6.07 Å². The predicted octanol–water partition coefficient (Wildman–Crippen LogP) is 2.06. The summed E-state index contributed by atoms with van der Waals surface area (Å²) in [5.41, 5.74) is 7.22. The number of nitrogen functional groups attached to an aromatic ring is 1. The SMILES string of the molecule is COc1ccc(CSc2ccncn2)cc1C(=N)N. The first-order valence-corrected chi connectivity index (χ1v) is 6.59. The van der Waals surface area contributed by atoms with Crippen molar-refractivity contribution in [3.8, 4) is 5.75 Å². The molecular weight excluding hydrogens is 260 g/mol. The van der Waals surface area contributed by atoms with E-state index >= 15 is 0 Å². The standard InChI is InChI=1S/C13H14N4OS/c1-18-11-3-2-9(6-10(11)13(14)15)7-19-12-4-5-16-8-17-12/h2-6,8H,7H2,1H3,(H3,14,15). The smallest absolute Gasteiger partial charge is 0.129 e. The summed E-state index contributed by atoms with van der Waals surface area (Å²) < 4.78 is 5.18. The first kappa shape index (κ1) is 13.4. The zero-order chi connectivity index (χ0) is 13.7. The van der Waals surface area contributed by atoms with Gasteiger partial charge in [0.05, 0.1) is 17.7 Å². The van der Waals surface area contributed by atoms with Gasteiger partial charge in [0.15, 0.2) is 0 Å². The van der Waals surface area contributed by atoms with Crippen LogP contribution in [0.4, 0.5) is 0 Å². The molecule has 0 aliphatic carbocycles. The van der Waals surface area contributed by atoms with Crippen LogP contribution in [0.15, 0.2) is 41.8 Å². The first-order valence-electron chi connectivity index (χ1n) is 5.61. The van der Waals surface area contributed by atoms with Crippen molar-refractivity contribution >= 4 is 17.6 Å². The highest BCUT2D eigenvalue weighted by atomic mass is 32.2. The number of nitrogens with zero attached hydrogens (tertiary/aromatic N) is 2. The molecule has 0 saturated carbocycles. The summed E-state index contributed by atoms with van der Waals surface area (Å²) in [6.07, 6.45) is 3.24. The van der Waals surface area contributed by atoms with Gasteiger partial charge in [0.25, 0.3) is 0 Å². The fraction of sp³-hybridized carbons (Fsp3) is 0.154. The summed E-state index contributed by atoms with van der Waals surface area (Å²) in [6.45, 7) is 0. The maximum absolute atomic E-state index is 7.54. The first-order chi connectivity index (χ1) is 9.20. The van der Waals surface area contributed by atoms with E-state index in [9.17, 15) is 0 Å². The van der Waals surface area contributed by atoms with Gasteiger partial charge in [-0.25, -0.2) is 9.97 Å². The molecule has 0 aliphatic heterocycles. The van der Waals surface area contributed by atoms with Crippen molar-refractivity contribution in [1.82, 2.24) is 9.97 Å². The third-order valence-corrected chi connectivity index (χ3v) is 3.51. The van der Waals surface area contributed by atoms with Crippen molar-refractivity contribution in [2.45, 2.75) is 10.8 Å². The van der Waals surface area contributed by atoms with Gasteiger partial charge >= 0.3 is 0 Å². The van der Waals surface area contributed by atoms with E-state index in [2.05, 4.69) is 9.97 Å². The molecule has 0 radical (unpaired) electrons. The Morgan fingerprint density at radius 3 is 2.89 bits per heavy atom. The molecule has 0 fully saturated rings. The lowest BCUT2D eigenvalue weighted by molar-refractivity contribution is 0.413. The van der Waals surface area contributed by atoms with E-state index in [0.29, 0.717) is 11.3 Å². The summed E-state index contributed by atoms with van der Waals surface area (Å²) in [5.74, 6) is 1.37. The number of ether oxygens (including phenoxy) is 1. The van der Waals surface area contributed by atoms with E-state index in [1.165, 1.54) is 6.33 Å². The predicted molar refractivity (Wildman–Crippen MR) is 75.6 cm³/mol. The molecule has 19 heavy (non-hydrogen) atoms. The Morgan fingerprint density at radius 1 is 1.42 bits per heavy atom. The number of nitrogens with one attached hydrogen (secondary N) is 1. The molecule has 0 unspecified atom stereocenters. The Kier molecular flexibility index (Phi) is 4.35. The van der Waals surface area contributed by atoms with Gasteiger partial charge in [-0.05, 0) is 23.8 Å². The van der Waals surface area contributed by atoms with Gasteiger partial charge < -0.3 is 10.5 Å². The van der Waals surface area contributed by atoms with Crippen LogP contribution in [0.25, 0.3) is 0 Å². The van der Waals surface area contributed by atoms with Crippen molar-refractivity contribution in [3.05, 3.63) is 47.9 Å². The van der Waals surface area contributed by atoms with Crippen molar-refractivity contribution < 1.29 is 4.74 Å². The molecule has 0 bridgehead atoms. The second-order valence-corrected chi connectivity index (χ2v) is 4.78. The molecule has 0 atom stereocenters. The van der Waals surface area contributed by atoms with Crippen molar-refractivity contribution in [1.29, 1.82) is 5.41 Å². The molecule has 6 heteroatoms. The molecule has 0 aliphatic rings. The summed E-state index contributed by atoms with van der Waals surface area (Å²) in [5, 5.41) is 8.46. The highest BCUT2D eigenvalue weighted by molar-refractivity contribution is 7.98. The second-order valence-electron chi connectivity index (χ2n) is 3.78. The topological polar surface area (TPSA) is 84.9 Å². The number of nitrogens with two attached hydrogens (primary N) is 1. The van der Waals surface area contributed by atoms with E-state index in [1.54, 1.807) is 25.1 Å². The average molecular weight is 274 g/mol. The minimum atomic E-state index is 0.00531. The van der Waals surface area contributed by atoms with Crippen LogP contribution in [-0.4, -0.2) is 22.9 Å². The van der Waals surface area contributed by atoms with E-state index in [-0.39, 0.29) is 5.84 Å². The normalized spacial score (nSPS) is 10.2. The maximum Gasteiger partial charge on any atom is 0.129 e. The van der Waals surface area contributed by atoms with Crippen LogP contribution in [0.3, 0.4) is 0 Å². The fourth-order valence-corrected chi connectivity index (χ4v) is 2.35. The summed E-state index contributed by atoms with van der Waals surface area (Å²) in [4.78, 5) is 8.02. The van der Waals surface area contributed by atoms with Gasteiger partial charge in [0.1, 0.15) is 17.9 Å². The number of aromatic nitrogens is 2. The maximum atomic E-state index is 7.54. The number of thioether (sulfide) groups is 1. The number of benzene rings is 1. The van der Waals surface area contributed by atoms with Gasteiger partial charge in [0, 0.05) is 11.9 Å². The van der Waals surface area contributed by atoms with Crippen molar-refractivity contribution in [2.24, 2.45) is 5.73 Å². The van der Waals surface area contributed by atoms with Crippen molar-refractivity contribution in [3.63, 3.8) is 0 Å². The molecule has 1 heterocycles. The average Bonchev–Trinajstić information content (AvgIpc) is 2.46. The van der Waals surface area contributed by atoms with Crippen LogP contribution < -0.4 is 10.5 Å². The minimum Gasteiger partial charge on any atom is -0.496 e. The Hall–Kier alpha value is -2.08. The highest BCUT2D eigenvalue weighted by Crippen LogP contribution is 2.24. The lowest BCUT2D eigenvalue weighted by Crippen LogP contribution is -2.12. The van der Waals surface area contributed by atoms with E-state index < -0.39 is 0 Å². The number of rotatable bonds is 5. The Bertz CT molecular complexity index is 574. The molecule has 0 spiro atoms.